The fraction of sp³-hybridized carbons (Fsp3) is 0.850. The van der Waals surface area contributed by atoms with E-state index in [4.69, 9.17) is 0 Å². The largest absolute Gasteiger partial charge is 0.396 e. The normalized spacial score (nSPS) is 53.3. The van der Waals surface area contributed by atoms with E-state index in [1.54, 1.807) is 0 Å². The van der Waals surface area contributed by atoms with Gasteiger partial charge in [0.25, 0.3) is 0 Å². The molecule has 0 aromatic heterocycles. The van der Waals surface area contributed by atoms with Crippen molar-refractivity contribution in [3.05, 3.63) is 12.7 Å². The highest BCUT2D eigenvalue weighted by atomic mass is 16.3. The van der Waals surface area contributed by atoms with Crippen molar-refractivity contribution in [2.75, 3.05) is 6.61 Å². The molecule has 0 radical (unpaired) electrons. The number of carbonyl (C=O) groups is 1. The second kappa shape index (κ2) is 5.42. The van der Waals surface area contributed by atoms with Crippen molar-refractivity contribution in [2.24, 2.45) is 34.0 Å². The Morgan fingerprint density at radius 1 is 1.26 bits per heavy atom. The van der Waals surface area contributed by atoms with Crippen LogP contribution in [-0.2, 0) is 4.79 Å². The maximum atomic E-state index is 13.0. The van der Waals surface area contributed by atoms with E-state index in [0.29, 0.717) is 18.6 Å². The van der Waals surface area contributed by atoms with Crippen LogP contribution in [0.3, 0.4) is 0 Å². The molecule has 0 spiro atoms. The second-order valence-corrected chi connectivity index (χ2v) is 9.36. The van der Waals surface area contributed by atoms with Gasteiger partial charge in [0.05, 0.1) is 6.10 Å². The van der Waals surface area contributed by atoms with Crippen molar-refractivity contribution in [2.45, 2.75) is 65.4 Å². The third kappa shape index (κ3) is 2.42. The molecule has 3 aliphatic carbocycles. The number of fused-ring (bicyclic) bond motifs is 3. The molecule has 0 amide bonds. The molecule has 130 valence electrons. The number of allylic oxidation sites excluding steroid dienone is 1. The van der Waals surface area contributed by atoms with Crippen molar-refractivity contribution in [3.63, 3.8) is 0 Å². The van der Waals surface area contributed by atoms with Crippen LogP contribution in [0.25, 0.3) is 0 Å². The lowest BCUT2D eigenvalue weighted by Gasteiger charge is -2.62. The predicted octanol–water partition coefficient (Wildman–Crippen LogP) is 3.34. The van der Waals surface area contributed by atoms with Crippen LogP contribution < -0.4 is 0 Å². The Hall–Kier alpha value is -0.670. The third-order valence-electron chi connectivity index (χ3n) is 7.74. The first-order valence-electron chi connectivity index (χ1n) is 9.14. The zero-order chi connectivity index (χ0) is 17.0. The van der Waals surface area contributed by atoms with Crippen LogP contribution in [0, 0.1) is 34.0 Å². The Labute approximate surface area is 140 Å². The first-order valence-corrected chi connectivity index (χ1v) is 9.14. The molecule has 3 heteroatoms. The van der Waals surface area contributed by atoms with Crippen LogP contribution in [0.4, 0.5) is 0 Å². The molecule has 23 heavy (non-hydrogen) atoms. The third-order valence-corrected chi connectivity index (χ3v) is 7.74. The van der Waals surface area contributed by atoms with Crippen LogP contribution in [-0.4, -0.2) is 28.7 Å². The van der Waals surface area contributed by atoms with Gasteiger partial charge in [-0.2, -0.15) is 0 Å². The maximum absolute atomic E-state index is 13.0. The van der Waals surface area contributed by atoms with Gasteiger partial charge < -0.3 is 10.2 Å². The predicted molar refractivity (Wildman–Crippen MR) is 90.8 cm³/mol. The molecule has 0 aromatic rings. The molecule has 0 saturated heterocycles. The van der Waals surface area contributed by atoms with Gasteiger partial charge in [-0.1, -0.05) is 33.3 Å². The first kappa shape index (κ1) is 17.2. The van der Waals surface area contributed by atoms with Crippen molar-refractivity contribution in [1.82, 2.24) is 0 Å². The Kier molecular flexibility index (Phi) is 4.04. The van der Waals surface area contributed by atoms with Crippen molar-refractivity contribution in [1.29, 1.82) is 0 Å². The molecule has 7 atom stereocenters. The fourth-order valence-corrected chi connectivity index (χ4v) is 6.40. The number of hydrogen-bond acceptors (Lipinski definition) is 3. The number of ketones is 1. The van der Waals surface area contributed by atoms with Crippen molar-refractivity contribution in [3.8, 4) is 0 Å². The first-order chi connectivity index (χ1) is 10.7. The standard InChI is InChI=1S/C20H32O3/c1-5-18(2)10-13-14(22)9-16-19(3,12-21)7-6-8-20(16,4)17(13)15(23)11-18/h5,13,15-17,21,23H,1,6-12H2,2-4H3/t13-,15-,16?,17-,18+,19-,20-/m1/s1. The topological polar surface area (TPSA) is 57.5 Å². The molecule has 3 saturated carbocycles. The zero-order valence-electron chi connectivity index (χ0n) is 14.8. The summed E-state index contributed by atoms with van der Waals surface area (Å²) < 4.78 is 0. The minimum Gasteiger partial charge on any atom is -0.396 e. The number of carbonyl (C=O) groups excluding carboxylic acids is 1. The van der Waals surface area contributed by atoms with E-state index in [1.807, 2.05) is 6.08 Å². The highest BCUT2D eigenvalue weighted by Crippen LogP contribution is 2.64. The van der Waals surface area contributed by atoms with Gasteiger partial charge >= 0.3 is 0 Å². The highest BCUT2D eigenvalue weighted by molar-refractivity contribution is 5.83. The Morgan fingerprint density at radius 2 is 1.96 bits per heavy atom. The van der Waals surface area contributed by atoms with Crippen molar-refractivity contribution < 1.29 is 15.0 Å². The summed E-state index contributed by atoms with van der Waals surface area (Å²) >= 11 is 0. The maximum Gasteiger partial charge on any atom is 0.136 e. The molecular formula is C20H32O3. The van der Waals surface area contributed by atoms with Gasteiger partial charge in [-0.25, -0.2) is 0 Å². The lowest BCUT2D eigenvalue weighted by molar-refractivity contribution is -0.182. The summed E-state index contributed by atoms with van der Waals surface area (Å²) in [7, 11) is 0. The Morgan fingerprint density at radius 3 is 2.57 bits per heavy atom. The number of hydrogen-bond donors (Lipinski definition) is 2. The monoisotopic (exact) mass is 320 g/mol. The molecular weight excluding hydrogens is 288 g/mol. The van der Waals surface area contributed by atoms with Gasteiger partial charge in [-0.3, -0.25) is 4.79 Å². The summed E-state index contributed by atoms with van der Waals surface area (Å²) in [6.45, 7) is 10.6. The van der Waals surface area contributed by atoms with E-state index in [-0.39, 0.29) is 40.6 Å². The lowest BCUT2D eigenvalue weighted by Crippen LogP contribution is -2.61. The summed E-state index contributed by atoms with van der Waals surface area (Å²) in [5.74, 6) is 0.466. The molecule has 2 N–H and O–H groups in total. The summed E-state index contributed by atoms with van der Waals surface area (Å²) in [5, 5.41) is 21.0. The molecule has 3 rings (SSSR count). The van der Waals surface area contributed by atoms with Crippen LogP contribution in [0.15, 0.2) is 12.7 Å². The van der Waals surface area contributed by atoms with Gasteiger partial charge in [-0.05, 0) is 47.8 Å². The Balaban J connectivity index is 2.01. The summed E-state index contributed by atoms with van der Waals surface area (Å²) in [5.41, 5.74) is -0.378. The Bertz CT molecular complexity index is 515. The van der Waals surface area contributed by atoms with Crippen LogP contribution >= 0.6 is 0 Å². The quantitative estimate of drug-likeness (QED) is 0.767. The average molecular weight is 320 g/mol. The second-order valence-electron chi connectivity index (χ2n) is 9.36. The number of Topliss-reactive ketones (excluding diaryl/α,β-unsaturated/α-hetero) is 1. The van der Waals surface area contributed by atoms with Gasteiger partial charge in [0.15, 0.2) is 0 Å². The molecule has 0 aromatic carbocycles. The number of aliphatic hydroxyl groups excluding tert-OH is 2. The van der Waals surface area contributed by atoms with Gasteiger partial charge in [0, 0.05) is 24.9 Å². The SMILES string of the molecule is C=C[C@]1(C)C[C@@H](O)[C@H]2[C@H](C1)C(=O)CC1[C@@](C)(CO)CCC[C@]12C. The van der Waals surface area contributed by atoms with Crippen LogP contribution in [0.5, 0.6) is 0 Å². The van der Waals surface area contributed by atoms with Crippen LogP contribution in [0.1, 0.15) is 59.3 Å². The van der Waals surface area contributed by atoms with Gasteiger partial charge in [0.1, 0.15) is 5.78 Å². The summed E-state index contributed by atoms with van der Waals surface area (Å²) in [6.07, 6.45) is 6.67. The fourth-order valence-electron chi connectivity index (χ4n) is 6.40. The molecule has 0 heterocycles. The van der Waals surface area contributed by atoms with E-state index in [2.05, 4.69) is 27.4 Å². The summed E-state index contributed by atoms with van der Waals surface area (Å²) in [6, 6.07) is 0. The van der Waals surface area contributed by atoms with Crippen molar-refractivity contribution >= 4 is 5.78 Å². The number of aliphatic hydroxyl groups is 2. The number of rotatable bonds is 2. The van der Waals surface area contributed by atoms with E-state index < -0.39 is 6.10 Å². The molecule has 1 unspecified atom stereocenters. The van der Waals surface area contributed by atoms with E-state index >= 15 is 0 Å². The molecule has 0 aliphatic heterocycles. The minimum atomic E-state index is -0.449. The lowest BCUT2D eigenvalue weighted by atomic mass is 9.42. The van der Waals surface area contributed by atoms with Gasteiger partial charge in [-0.15, -0.1) is 6.58 Å². The molecule has 3 nitrogen and oxygen atoms in total. The average Bonchev–Trinajstić information content (AvgIpc) is 2.49. The van der Waals surface area contributed by atoms with Gasteiger partial charge in [0.2, 0.25) is 0 Å². The van der Waals surface area contributed by atoms with E-state index in [9.17, 15) is 15.0 Å². The zero-order valence-corrected chi connectivity index (χ0v) is 14.8. The molecule has 3 fully saturated rings. The highest BCUT2D eigenvalue weighted by Gasteiger charge is 2.62. The molecule has 0 bridgehead atoms. The summed E-state index contributed by atoms with van der Waals surface area (Å²) in [4.78, 5) is 13.0. The van der Waals surface area contributed by atoms with E-state index in [0.717, 1.165) is 25.7 Å². The minimum absolute atomic E-state index is 0.0351. The van der Waals surface area contributed by atoms with E-state index in [1.165, 1.54) is 0 Å². The van der Waals surface area contributed by atoms with Crippen LogP contribution in [0.2, 0.25) is 0 Å². The smallest absolute Gasteiger partial charge is 0.136 e. The molecule has 3 aliphatic rings.